The number of nitrogens with one attached hydrogen (secondary N) is 1. The fraction of sp³-hybridized carbons (Fsp3) is 0.625. The fourth-order valence-corrected chi connectivity index (χ4v) is 2.65. The number of carbonyl (C=O) groups is 1. The van der Waals surface area contributed by atoms with Gasteiger partial charge in [0.1, 0.15) is 5.75 Å². The first-order valence-corrected chi connectivity index (χ1v) is 7.71. The van der Waals surface area contributed by atoms with Gasteiger partial charge in [-0.15, -0.1) is 0 Å². The number of hydrogen-bond acceptors (Lipinski definition) is 4. The zero-order valence-corrected chi connectivity index (χ0v) is 12.3. The van der Waals surface area contributed by atoms with Gasteiger partial charge in [0, 0.05) is 19.2 Å². The van der Waals surface area contributed by atoms with E-state index in [1.165, 1.54) is 0 Å². The molecule has 5 nitrogen and oxygen atoms in total. The maximum Gasteiger partial charge on any atom is 0.220 e. The zero-order valence-electron chi connectivity index (χ0n) is 12.3. The van der Waals surface area contributed by atoms with Crippen LogP contribution in [0.15, 0.2) is 24.5 Å². The van der Waals surface area contributed by atoms with E-state index in [4.69, 9.17) is 4.74 Å². The first-order valence-electron chi connectivity index (χ1n) is 7.71. The van der Waals surface area contributed by atoms with Crippen LogP contribution in [-0.4, -0.2) is 35.3 Å². The van der Waals surface area contributed by atoms with E-state index in [-0.39, 0.29) is 12.0 Å². The number of aliphatic hydroxyl groups is 1. The van der Waals surface area contributed by atoms with E-state index >= 15 is 0 Å². The van der Waals surface area contributed by atoms with Crippen molar-refractivity contribution in [2.45, 2.75) is 44.6 Å². The largest absolute Gasteiger partial charge is 0.492 e. The van der Waals surface area contributed by atoms with Gasteiger partial charge in [-0.25, -0.2) is 0 Å². The Morgan fingerprint density at radius 1 is 1.48 bits per heavy atom. The summed E-state index contributed by atoms with van der Waals surface area (Å²) >= 11 is 0. The lowest BCUT2D eigenvalue weighted by atomic mass is 9.87. The molecule has 0 radical (unpaired) electrons. The minimum Gasteiger partial charge on any atom is -0.492 e. The molecule has 1 aliphatic rings. The summed E-state index contributed by atoms with van der Waals surface area (Å²) in [5, 5.41) is 12.5. The average Bonchev–Trinajstić information content (AvgIpc) is 2.51. The highest BCUT2D eigenvalue weighted by Gasteiger charge is 2.20. The topological polar surface area (TPSA) is 71.5 Å². The Hall–Kier alpha value is -1.62. The Kier molecular flexibility index (Phi) is 6.47. The Bertz CT molecular complexity index is 425. The third kappa shape index (κ3) is 6.12. The van der Waals surface area contributed by atoms with Gasteiger partial charge >= 0.3 is 0 Å². The van der Waals surface area contributed by atoms with E-state index in [1.807, 2.05) is 12.1 Å². The molecule has 2 atom stereocenters. The van der Waals surface area contributed by atoms with E-state index in [9.17, 15) is 9.90 Å². The van der Waals surface area contributed by atoms with Gasteiger partial charge in [-0.1, -0.05) is 6.42 Å². The van der Waals surface area contributed by atoms with Gasteiger partial charge in [0.05, 0.1) is 18.9 Å². The molecule has 116 valence electrons. The molecule has 0 spiro atoms. The molecule has 1 saturated carbocycles. The summed E-state index contributed by atoms with van der Waals surface area (Å²) in [5.41, 5.74) is 0. The Balaban J connectivity index is 1.53. The number of aromatic nitrogens is 1. The van der Waals surface area contributed by atoms with Crippen molar-refractivity contribution in [2.24, 2.45) is 5.92 Å². The van der Waals surface area contributed by atoms with Crippen LogP contribution in [0.25, 0.3) is 0 Å². The predicted molar refractivity (Wildman–Crippen MR) is 79.9 cm³/mol. The van der Waals surface area contributed by atoms with Crippen molar-refractivity contribution in [3.8, 4) is 5.75 Å². The van der Waals surface area contributed by atoms with Crippen LogP contribution in [0.5, 0.6) is 5.75 Å². The Labute approximate surface area is 125 Å². The third-order valence-electron chi connectivity index (χ3n) is 3.79. The Morgan fingerprint density at radius 3 is 3.14 bits per heavy atom. The minimum atomic E-state index is -0.187. The van der Waals surface area contributed by atoms with Crippen LogP contribution >= 0.6 is 0 Å². The number of hydrogen-bond donors (Lipinski definition) is 2. The smallest absolute Gasteiger partial charge is 0.220 e. The van der Waals surface area contributed by atoms with E-state index in [2.05, 4.69) is 10.3 Å². The van der Waals surface area contributed by atoms with Crippen LogP contribution in [0.4, 0.5) is 0 Å². The second-order valence-corrected chi connectivity index (χ2v) is 5.63. The summed E-state index contributed by atoms with van der Waals surface area (Å²) < 4.78 is 5.49. The molecular weight excluding hydrogens is 268 g/mol. The summed E-state index contributed by atoms with van der Waals surface area (Å²) in [5.74, 6) is 1.21. The van der Waals surface area contributed by atoms with Gasteiger partial charge in [-0.2, -0.15) is 0 Å². The highest BCUT2D eigenvalue weighted by Crippen LogP contribution is 2.23. The molecule has 1 aromatic heterocycles. The molecule has 1 amide bonds. The monoisotopic (exact) mass is 292 g/mol. The normalized spacial score (nSPS) is 21.8. The number of carbonyl (C=O) groups excluding carboxylic acids is 1. The van der Waals surface area contributed by atoms with Gasteiger partial charge in [0.15, 0.2) is 0 Å². The summed E-state index contributed by atoms with van der Waals surface area (Å²) in [4.78, 5) is 15.7. The number of pyridine rings is 1. The second-order valence-electron chi connectivity index (χ2n) is 5.63. The van der Waals surface area contributed by atoms with Crippen LogP contribution < -0.4 is 10.1 Å². The number of amides is 1. The highest BCUT2D eigenvalue weighted by atomic mass is 16.5. The molecule has 2 rings (SSSR count). The maximum absolute atomic E-state index is 11.7. The molecular formula is C16H24N2O3. The van der Waals surface area contributed by atoms with Gasteiger partial charge in [0.2, 0.25) is 5.91 Å². The molecule has 21 heavy (non-hydrogen) atoms. The lowest BCUT2D eigenvalue weighted by Gasteiger charge is -2.25. The van der Waals surface area contributed by atoms with Crippen molar-refractivity contribution in [3.05, 3.63) is 24.5 Å². The number of nitrogens with zero attached hydrogens (tertiary/aromatic N) is 1. The number of rotatable bonds is 7. The van der Waals surface area contributed by atoms with Crippen molar-refractivity contribution in [2.75, 3.05) is 13.2 Å². The molecule has 0 saturated heterocycles. The number of ether oxygens (including phenoxy) is 1. The SMILES string of the molecule is O=C(CCCOc1cccnc1)NCC1CCCC(O)C1. The van der Waals surface area contributed by atoms with Crippen LogP contribution in [-0.2, 0) is 4.79 Å². The second kappa shape index (κ2) is 8.62. The summed E-state index contributed by atoms with van der Waals surface area (Å²) in [7, 11) is 0. The first-order chi connectivity index (χ1) is 10.2. The first kappa shape index (κ1) is 15.8. The summed E-state index contributed by atoms with van der Waals surface area (Å²) in [6.45, 7) is 1.20. The van der Waals surface area contributed by atoms with Crippen molar-refractivity contribution in [1.82, 2.24) is 10.3 Å². The number of aliphatic hydroxyl groups excluding tert-OH is 1. The van der Waals surface area contributed by atoms with Crippen molar-refractivity contribution in [1.29, 1.82) is 0 Å². The van der Waals surface area contributed by atoms with E-state index in [0.29, 0.717) is 31.9 Å². The van der Waals surface area contributed by atoms with Crippen molar-refractivity contribution in [3.63, 3.8) is 0 Å². The van der Waals surface area contributed by atoms with E-state index < -0.39 is 0 Å². The minimum absolute atomic E-state index is 0.0600. The van der Waals surface area contributed by atoms with Crippen LogP contribution in [0, 0.1) is 5.92 Å². The van der Waals surface area contributed by atoms with Crippen molar-refractivity contribution < 1.29 is 14.6 Å². The zero-order chi connectivity index (χ0) is 14.9. The molecule has 2 N–H and O–H groups in total. The molecule has 0 bridgehead atoms. The molecule has 0 aliphatic heterocycles. The molecule has 1 fully saturated rings. The lowest BCUT2D eigenvalue weighted by molar-refractivity contribution is -0.121. The molecule has 2 unspecified atom stereocenters. The average molecular weight is 292 g/mol. The van der Waals surface area contributed by atoms with Gasteiger partial charge in [-0.05, 0) is 43.7 Å². The predicted octanol–water partition coefficient (Wildman–Crippen LogP) is 1.91. The van der Waals surface area contributed by atoms with E-state index in [0.717, 1.165) is 31.4 Å². The molecule has 5 heteroatoms. The molecule has 1 aromatic rings. The van der Waals surface area contributed by atoms with Gasteiger partial charge < -0.3 is 15.2 Å². The third-order valence-corrected chi connectivity index (χ3v) is 3.79. The van der Waals surface area contributed by atoms with Crippen LogP contribution in [0.3, 0.4) is 0 Å². The van der Waals surface area contributed by atoms with Gasteiger partial charge in [0.25, 0.3) is 0 Å². The van der Waals surface area contributed by atoms with Gasteiger partial charge in [-0.3, -0.25) is 9.78 Å². The summed E-state index contributed by atoms with van der Waals surface area (Å²) in [6.07, 6.45) is 8.19. The molecule has 1 aliphatic carbocycles. The summed E-state index contributed by atoms with van der Waals surface area (Å²) in [6, 6.07) is 3.67. The van der Waals surface area contributed by atoms with Crippen molar-refractivity contribution >= 4 is 5.91 Å². The lowest BCUT2D eigenvalue weighted by Crippen LogP contribution is -2.33. The molecule has 1 heterocycles. The van der Waals surface area contributed by atoms with Crippen LogP contribution in [0.1, 0.15) is 38.5 Å². The van der Waals surface area contributed by atoms with E-state index in [1.54, 1.807) is 12.4 Å². The standard InChI is InChI=1S/C16H24N2O3/c19-14-5-1-4-13(10-14)11-18-16(20)7-3-9-21-15-6-2-8-17-12-15/h2,6,8,12-14,19H,1,3-5,7,9-11H2,(H,18,20). The quantitative estimate of drug-likeness (QED) is 0.753. The Morgan fingerprint density at radius 2 is 2.38 bits per heavy atom. The van der Waals surface area contributed by atoms with Crippen LogP contribution in [0.2, 0.25) is 0 Å². The maximum atomic E-state index is 11.7. The highest BCUT2D eigenvalue weighted by molar-refractivity contribution is 5.75. The fourth-order valence-electron chi connectivity index (χ4n) is 2.65. The molecule has 0 aromatic carbocycles.